The highest BCUT2D eigenvalue weighted by atomic mass is 32.1. The van der Waals surface area contributed by atoms with Gasteiger partial charge in [-0.2, -0.15) is 4.68 Å². The lowest BCUT2D eigenvalue weighted by atomic mass is 10.1. The number of hydrogen-bond donors (Lipinski definition) is 3. The van der Waals surface area contributed by atoms with Gasteiger partial charge >= 0.3 is 0 Å². The Morgan fingerprint density at radius 3 is 2.15 bits per heavy atom. The van der Waals surface area contributed by atoms with E-state index in [4.69, 9.17) is 12.2 Å². The van der Waals surface area contributed by atoms with Crippen molar-refractivity contribution in [3.05, 3.63) is 131 Å². The van der Waals surface area contributed by atoms with Crippen LogP contribution in [0.1, 0.15) is 15.9 Å². The third-order valence-electron chi connectivity index (χ3n) is 5.89. The second-order valence-corrected chi connectivity index (χ2v) is 9.05. The molecule has 5 aromatic rings. The van der Waals surface area contributed by atoms with Crippen LogP contribution in [0.15, 0.2) is 114 Å². The van der Waals surface area contributed by atoms with Crippen LogP contribution in [-0.4, -0.2) is 26.6 Å². The molecule has 0 bridgehead atoms. The summed E-state index contributed by atoms with van der Waals surface area (Å²) in [5, 5.41) is 6.12. The normalized spacial score (nSPS) is 10.6. The fraction of sp³-hybridized carbons (Fsp3) is 0.0333. The maximum absolute atomic E-state index is 13.3. The quantitative estimate of drug-likeness (QED) is 0.278. The van der Waals surface area contributed by atoms with E-state index in [-0.39, 0.29) is 23.0 Å². The first-order valence-corrected chi connectivity index (χ1v) is 12.5. The fourth-order valence-electron chi connectivity index (χ4n) is 4.00. The number of carbonyl (C=O) groups excluding carboxylic acids is 2. The molecule has 0 spiro atoms. The maximum atomic E-state index is 13.3. The summed E-state index contributed by atoms with van der Waals surface area (Å²) >= 11 is 5.25. The molecule has 0 aliphatic carbocycles. The number of hydrogen-bond acceptors (Lipinski definition) is 5. The van der Waals surface area contributed by atoms with Crippen molar-refractivity contribution >= 4 is 45.7 Å². The molecule has 1 heterocycles. The molecule has 192 valence electrons. The van der Waals surface area contributed by atoms with Gasteiger partial charge < -0.3 is 10.6 Å². The minimum absolute atomic E-state index is 0.148. The molecule has 0 radical (unpaired) electrons. The number of aromatic nitrogens is 2. The average Bonchev–Trinajstić information content (AvgIpc) is 2.95. The fourth-order valence-corrected chi connectivity index (χ4v) is 4.23. The van der Waals surface area contributed by atoms with E-state index >= 15 is 0 Å². The van der Waals surface area contributed by atoms with Crippen LogP contribution in [0.2, 0.25) is 0 Å². The highest BCUT2D eigenvalue weighted by Gasteiger charge is 2.16. The van der Waals surface area contributed by atoms with Crippen LogP contribution in [0.5, 0.6) is 0 Å². The first-order chi connectivity index (χ1) is 19.0. The van der Waals surface area contributed by atoms with Crippen molar-refractivity contribution in [1.82, 2.24) is 15.0 Å². The first-order valence-electron chi connectivity index (χ1n) is 12.1. The molecule has 0 aliphatic rings. The predicted molar refractivity (Wildman–Crippen MR) is 156 cm³/mol. The van der Waals surface area contributed by atoms with E-state index < -0.39 is 5.91 Å². The molecule has 0 aliphatic heterocycles. The summed E-state index contributed by atoms with van der Waals surface area (Å²) in [6.07, 6.45) is 0.204. The Balaban J connectivity index is 1.30. The van der Waals surface area contributed by atoms with Crippen molar-refractivity contribution in [1.29, 1.82) is 0 Å². The Hall–Kier alpha value is -5.15. The number of para-hydroxylation sites is 1. The average molecular weight is 534 g/mol. The van der Waals surface area contributed by atoms with Gasteiger partial charge in [0, 0.05) is 16.8 Å². The van der Waals surface area contributed by atoms with Gasteiger partial charge in [0.05, 0.1) is 17.3 Å². The van der Waals surface area contributed by atoms with Gasteiger partial charge in [0.25, 0.3) is 11.5 Å². The van der Waals surface area contributed by atoms with Crippen molar-refractivity contribution < 1.29 is 9.59 Å². The molecule has 0 atom stereocenters. The van der Waals surface area contributed by atoms with Gasteiger partial charge in [-0.05, 0) is 54.2 Å². The number of amides is 2. The molecule has 4 aromatic carbocycles. The van der Waals surface area contributed by atoms with E-state index in [9.17, 15) is 14.4 Å². The van der Waals surface area contributed by atoms with Crippen LogP contribution in [0.25, 0.3) is 22.3 Å². The summed E-state index contributed by atoms with van der Waals surface area (Å²) in [6.45, 7) is 0. The zero-order chi connectivity index (χ0) is 27.2. The zero-order valence-corrected chi connectivity index (χ0v) is 21.4. The SMILES string of the molecule is O=C(Cc1ccccc1)NC(=S)Nc1ccc(C(=O)Nn2c(-c3ccccc3)nc3ccccc3c2=O)cc1. The molecule has 2 amide bonds. The summed E-state index contributed by atoms with van der Waals surface area (Å²) in [7, 11) is 0. The van der Waals surface area contributed by atoms with Crippen LogP contribution in [0.3, 0.4) is 0 Å². The zero-order valence-electron chi connectivity index (χ0n) is 20.6. The van der Waals surface area contributed by atoms with E-state index in [1.807, 2.05) is 66.7 Å². The molecule has 0 saturated heterocycles. The number of carbonyl (C=O) groups is 2. The largest absolute Gasteiger partial charge is 0.332 e. The highest BCUT2D eigenvalue weighted by Crippen LogP contribution is 2.18. The minimum Gasteiger partial charge on any atom is -0.332 e. The van der Waals surface area contributed by atoms with Gasteiger partial charge in [-0.1, -0.05) is 72.8 Å². The van der Waals surface area contributed by atoms with Crippen LogP contribution >= 0.6 is 12.2 Å². The monoisotopic (exact) mass is 533 g/mol. The summed E-state index contributed by atoms with van der Waals surface area (Å²) in [5.74, 6) is -0.405. The lowest BCUT2D eigenvalue weighted by Crippen LogP contribution is -2.35. The number of benzene rings is 4. The number of nitrogens with zero attached hydrogens (tertiary/aromatic N) is 2. The Bertz CT molecular complexity index is 1720. The number of thiocarbonyl (C=S) groups is 1. The molecule has 8 nitrogen and oxygen atoms in total. The van der Waals surface area contributed by atoms with Gasteiger partial charge in [0.15, 0.2) is 10.9 Å². The molecular weight excluding hydrogens is 510 g/mol. The Morgan fingerprint density at radius 2 is 1.44 bits per heavy atom. The molecule has 9 heteroatoms. The van der Waals surface area contributed by atoms with Crippen LogP contribution in [0, 0.1) is 0 Å². The van der Waals surface area contributed by atoms with Gasteiger partial charge in [-0.25, -0.2) is 4.98 Å². The molecular formula is C30H23N5O3S. The van der Waals surface area contributed by atoms with Gasteiger partial charge in [0.1, 0.15) is 0 Å². The Kier molecular flexibility index (Phi) is 7.51. The Labute approximate surface area is 229 Å². The number of fused-ring (bicyclic) bond motifs is 1. The van der Waals surface area contributed by atoms with Crippen LogP contribution in [-0.2, 0) is 11.2 Å². The summed E-state index contributed by atoms with van der Waals surface area (Å²) in [5.41, 5.74) is 5.31. The molecule has 5 rings (SSSR count). The standard InChI is InChI=1S/C30H23N5O3S/c36-26(19-20-9-3-1-4-10-20)33-30(39)31-23-17-15-22(16-18-23)28(37)34-35-27(21-11-5-2-6-12-21)32-25-14-8-7-13-24(25)29(35)38/h1-18H,19H2,(H,34,37)(H2,31,33,36,39). The molecule has 0 saturated carbocycles. The second-order valence-electron chi connectivity index (χ2n) is 8.64. The van der Waals surface area contributed by atoms with Crippen molar-refractivity contribution in [3.8, 4) is 11.4 Å². The van der Waals surface area contributed by atoms with Crippen molar-refractivity contribution in [2.24, 2.45) is 0 Å². The van der Waals surface area contributed by atoms with E-state index in [0.717, 1.165) is 5.56 Å². The van der Waals surface area contributed by atoms with E-state index in [0.29, 0.717) is 33.5 Å². The number of anilines is 1. The van der Waals surface area contributed by atoms with Gasteiger partial charge in [0.2, 0.25) is 5.91 Å². The molecule has 0 unspecified atom stereocenters. The van der Waals surface area contributed by atoms with Crippen molar-refractivity contribution in [2.45, 2.75) is 6.42 Å². The smallest absolute Gasteiger partial charge is 0.280 e. The minimum atomic E-state index is -0.489. The highest BCUT2D eigenvalue weighted by molar-refractivity contribution is 7.80. The third-order valence-corrected chi connectivity index (χ3v) is 6.09. The van der Waals surface area contributed by atoms with E-state index in [2.05, 4.69) is 21.0 Å². The Morgan fingerprint density at radius 1 is 0.795 bits per heavy atom. The van der Waals surface area contributed by atoms with Crippen molar-refractivity contribution in [2.75, 3.05) is 10.7 Å². The topological polar surface area (TPSA) is 105 Å². The summed E-state index contributed by atoms with van der Waals surface area (Å²) in [6, 6.07) is 32.0. The van der Waals surface area contributed by atoms with E-state index in [1.165, 1.54) is 4.68 Å². The molecule has 3 N–H and O–H groups in total. The molecule has 39 heavy (non-hydrogen) atoms. The maximum Gasteiger partial charge on any atom is 0.280 e. The number of nitrogens with one attached hydrogen (secondary N) is 3. The summed E-state index contributed by atoms with van der Waals surface area (Å²) < 4.78 is 1.17. The lowest BCUT2D eigenvalue weighted by molar-refractivity contribution is -0.119. The molecule has 0 fully saturated rings. The predicted octanol–water partition coefficient (Wildman–Crippen LogP) is 4.50. The van der Waals surface area contributed by atoms with E-state index in [1.54, 1.807) is 42.5 Å². The lowest BCUT2D eigenvalue weighted by Gasteiger charge is -2.15. The van der Waals surface area contributed by atoms with Crippen LogP contribution < -0.4 is 21.6 Å². The molecule has 1 aromatic heterocycles. The second kappa shape index (κ2) is 11.5. The first kappa shape index (κ1) is 25.5. The van der Waals surface area contributed by atoms with Gasteiger partial charge in [-0.15, -0.1) is 0 Å². The van der Waals surface area contributed by atoms with Crippen molar-refractivity contribution in [3.63, 3.8) is 0 Å². The van der Waals surface area contributed by atoms with Crippen LogP contribution in [0.4, 0.5) is 5.69 Å². The summed E-state index contributed by atoms with van der Waals surface area (Å²) in [4.78, 5) is 43.3. The number of rotatable bonds is 6. The van der Waals surface area contributed by atoms with Gasteiger partial charge in [-0.3, -0.25) is 19.8 Å². The third kappa shape index (κ3) is 6.06.